The molecule has 0 aromatic rings. The van der Waals surface area contributed by atoms with Crippen molar-refractivity contribution in [3.05, 3.63) is 11.6 Å². The molecule has 3 fully saturated rings. The van der Waals surface area contributed by atoms with E-state index >= 15 is 0 Å². The molecule has 0 aromatic heterocycles. The Bertz CT molecular complexity index is 542. The molecular formula is C19H27FO2. The molecule has 122 valence electrons. The highest BCUT2D eigenvalue weighted by Gasteiger charge is 2.61. The normalized spacial score (nSPS) is 54.3. The van der Waals surface area contributed by atoms with Crippen LogP contribution in [0.5, 0.6) is 0 Å². The molecule has 0 radical (unpaired) electrons. The van der Waals surface area contributed by atoms with Gasteiger partial charge in [0.1, 0.15) is 0 Å². The maximum absolute atomic E-state index is 14.1. The van der Waals surface area contributed by atoms with Gasteiger partial charge in [0.05, 0.1) is 6.10 Å². The zero-order valence-electron chi connectivity index (χ0n) is 13.6. The Morgan fingerprint density at radius 2 is 1.91 bits per heavy atom. The van der Waals surface area contributed by atoms with Crippen LogP contribution >= 0.6 is 0 Å². The number of alkyl halides is 1. The summed E-state index contributed by atoms with van der Waals surface area (Å²) in [7, 11) is 0. The molecule has 0 amide bonds. The average Bonchev–Trinajstić information content (AvgIpc) is 2.72. The Balaban J connectivity index is 1.70. The Labute approximate surface area is 132 Å². The van der Waals surface area contributed by atoms with Gasteiger partial charge in [-0.1, -0.05) is 25.5 Å². The Morgan fingerprint density at radius 1 is 1.18 bits per heavy atom. The fourth-order valence-electron chi connectivity index (χ4n) is 6.39. The van der Waals surface area contributed by atoms with Gasteiger partial charge in [-0.05, 0) is 68.1 Å². The highest BCUT2D eigenvalue weighted by molar-refractivity contribution is 5.91. The van der Waals surface area contributed by atoms with E-state index in [0.29, 0.717) is 18.3 Å². The van der Waals surface area contributed by atoms with Crippen molar-refractivity contribution in [1.82, 2.24) is 0 Å². The van der Waals surface area contributed by atoms with Gasteiger partial charge in [0.2, 0.25) is 0 Å². The lowest BCUT2D eigenvalue weighted by Gasteiger charge is -2.56. The van der Waals surface area contributed by atoms with Crippen LogP contribution in [0.3, 0.4) is 0 Å². The van der Waals surface area contributed by atoms with Crippen LogP contribution < -0.4 is 0 Å². The van der Waals surface area contributed by atoms with Gasteiger partial charge >= 0.3 is 0 Å². The number of ketones is 1. The maximum atomic E-state index is 14.1. The van der Waals surface area contributed by atoms with Gasteiger partial charge in [-0.3, -0.25) is 4.79 Å². The zero-order chi connectivity index (χ0) is 15.7. The van der Waals surface area contributed by atoms with E-state index in [1.54, 1.807) is 0 Å². The van der Waals surface area contributed by atoms with Crippen LogP contribution in [0.15, 0.2) is 11.6 Å². The molecule has 3 heteroatoms. The van der Waals surface area contributed by atoms with Crippen molar-refractivity contribution in [2.45, 2.75) is 71.1 Å². The number of hydrogen-bond acceptors (Lipinski definition) is 2. The molecule has 22 heavy (non-hydrogen) atoms. The zero-order valence-corrected chi connectivity index (χ0v) is 13.6. The summed E-state index contributed by atoms with van der Waals surface area (Å²) in [6.07, 6.45) is 6.94. The van der Waals surface area contributed by atoms with E-state index in [1.165, 1.54) is 5.57 Å². The predicted octanol–water partition coefficient (Wildman–Crippen LogP) is 3.83. The lowest BCUT2D eigenvalue weighted by Crippen LogP contribution is -2.50. The fraction of sp³-hybridized carbons (Fsp3) is 0.842. The first-order valence-electron chi connectivity index (χ1n) is 8.92. The number of rotatable bonds is 0. The first-order valence-corrected chi connectivity index (χ1v) is 8.92. The van der Waals surface area contributed by atoms with E-state index in [2.05, 4.69) is 13.0 Å². The van der Waals surface area contributed by atoms with E-state index in [1.807, 2.05) is 6.92 Å². The molecule has 3 saturated carbocycles. The average molecular weight is 306 g/mol. The largest absolute Gasteiger partial charge is 0.393 e. The first-order chi connectivity index (χ1) is 10.4. The minimum absolute atomic E-state index is 0.130. The van der Waals surface area contributed by atoms with E-state index in [0.717, 1.165) is 38.5 Å². The first kappa shape index (κ1) is 14.9. The van der Waals surface area contributed by atoms with Crippen LogP contribution in [0.25, 0.3) is 0 Å². The van der Waals surface area contributed by atoms with E-state index in [4.69, 9.17) is 0 Å². The molecule has 0 bridgehead atoms. The van der Waals surface area contributed by atoms with E-state index < -0.39 is 11.6 Å². The highest BCUT2D eigenvalue weighted by Crippen LogP contribution is 2.64. The molecule has 4 rings (SSSR count). The standard InChI is InChI=1S/C19H27FO2/c1-18-7-5-12(21)9-11(18)3-4-13-14(18)6-8-19(2)15(13)10-16(20)17(19)22/h3,12-16,21H,4-10H2,1-2H3/t12-,13+,14-,15-,16+,18-,19-/m0/s1. The van der Waals surface area contributed by atoms with Crippen LogP contribution in [0.2, 0.25) is 0 Å². The van der Waals surface area contributed by atoms with Gasteiger partial charge in [0.25, 0.3) is 0 Å². The number of aliphatic hydroxyl groups is 1. The number of halogens is 1. The predicted molar refractivity (Wildman–Crippen MR) is 83.0 cm³/mol. The van der Waals surface area contributed by atoms with E-state index in [9.17, 15) is 14.3 Å². The summed E-state index contributed by atoms with van der Waals surface area (Å²) in [5.74, 6) is 1.11. The van der Waals surface area contributed by atoms with Crippen molar-refractivity contribution >= 4 is 5.78 Å². The highest BCUT2D eigenvalue weighted by atomic mass is 19.1. The topological polar surface area (TPSA) is 37.3 Å². The quantitative estimate of drug-likeness (QED) is 0.691. The molecule has 0 aromatic carbocycles. The van der Waals surface area contributed by atoms with E-state index in [-0.39, 0.29) is 23.2 Å². The molecule has 2 nitrogen and oxygen atoms in total. The molecule has 4 aliphatic carbocycles. The van der Waals surface area contributed by atoms with Gasteiger partial charge in [0, 0.05) is 5.41 Å². The summed E-state index contributed by atoms with van der Waals surface area (Å²) in [5, 5.41) is 9.98. The maximum Gasteiger partial charge on any atom is 0.173 e. The summed E-state index contributed by atoms with van der Waals surface area (Å²) < 4.78 is 14.1. The summed E-state index contributed by atoms with van der Waals surface area (Å²) in [4.78, 5) is 12.3. The molecule has 1 N–H and O–H groups in total. The lowest BCUT2D eigenvalue weighted by atomic mass is 9.48. The second-order valence-corrected chi connectivity index (χ2v) is 8.68. The number of carbonyl (C=O) groups excluding carboxylic acids is 1. The lowest BCUT2D eigenvalue weighted by molar-refractivity contribution is -0.134. The third kappa shape index (κ3) is 1.78. The van der Waals surface area contributed by atoms with Crippen LogP contribution in [0, 0.1) is 28.6 Å². The molecule has 0 saturated heterocycles. The Morgan fingerprint density at radius 3 is 2.68 bits per heavy atom. The summed E-state index contributed by atoms with van der Waals surface area (Å²) >= 11 is 0. The van der Waals surface area contributed by atoms with Gasteiger partial charge in [-0.2, -0.15) is 0 Å². The van der Waals surface area contributed by atoms with Gasteiger partial charge < -0.3 is 5.11 Å². The van der Waals surface area contributed by atoms with Crippen LogP contribution in [-0.2, 0) is 4.79 Å². The molecule has 7 atom stereocenters. The summed E-state index contributed by atoms with van der Waals surface area (Å²) in [6, 6.07) is 0. The molecule has 0 unspecified atom stereocenters. The smallest absolute Gasteiger partial charge is 0.173 e. The van der Waals surface area contributed by atoms with Crippen molar-refractivity contribution < 1.29 is 14.3 Å². The summed E-state index contributed by atoms with van der Waals surface area (Å²) in [6.45, 7) is 4.37. The Hall–Kier alpha value is -0.700. The van der Waals surface area contributed by atoms with Crippen LogP contribution in [0.4, 0.5) is 4.39 Å². The van der Waals surface area contributed by atoms with Gasteiger partial charge in [-0.25, -0.2) is 4.39 Å². The number of aliphatic hydroxyl groups excluding tert-OH is 1. The molecular weight excluding hydrogens is 279 g/mol. The number of fused-ring (bicyclic) bond motifs is 5. The molecule has 4 aliphatic rings. The molecule has 0 spiro atoms. The van der Waals surface area contributed by atoms with Crippen molar-refractivity contribution in [1.29, 1.82) is 0 Å². The fourth-order valence-corrected chi connectivity index (χ4v) is 6.39. The number of Topliss-reactive ketones (excluding diaryl/α,β-unsaturated/α-hetero) is 1. The van der Waals surface area contributed by atoms with Gasteiger partial charge in [0.15, 0.2) is 12.0 Å². The minimum Gasteiger partial charge on any atom is -0.393 e. The molecule has 0 heterocycles. The third-order valence-corrected chi connectivity index (χ3v) is 7.78. The number of hydrogen-bond donors (Lipinski definition) is 1. The molecule has 0 aliphatic heterocycles. The van der Waals surface area contributed by atoms with Crippen LogP contribution in [0.1, 0.15) is 58.8 Å². The van der Waals surface area contributed by atoms with Crippen molar-refractivity contribution in [3.8, 4) is 0 Å². The van der Waals surface area contributed by atoms with Crippen molar-refractivity contribution in [3.63, 3.8) is 0 Å². The SMILES string of the molecule is C[C@]12CC[C@H](O)CC1=CC[C@@H]1[C@@H]2CC[C@]2(C)C(=O)[C@H](F)C[C@@H]12. The van der Waals surface area contributed by atoms with Crippen LogP contribution in [-0.4, -0.2) is 23.2 Å². The third-order valence-electron chi connectivity index (χ3n) is 7.78. The van der Waals surface area contributed by atoms with Gasteiger partial charge in [-0.15, -0.1) is 0 Å². The number of carbonyl (C=O) groups is 1. The Kier molecular flexibility index (Phi) is 3.15. The monoisotopic (exact) mass is 306 g/mol. The summed E-state index contributed by atoms with van der Waals surface area (Å²) in [5.41, 5.74) is 1.18. The minimum atomic E-state index is -1.24. The van der Waals surface area contributed by atoms with Crippen molar-refractivity contribution in [2.24, 2.45) is 28.6 Å². The van der Waals surface area contributed by atoms with Crippen molar-refractivity contribution in [2.75, 3.05) is 0 Å². The number of allylic oxidation sites excluding steroid dienone is 1. The second kappa shape index (κ2) is 4.66. The second-order valence-electron chi connectivity index (χ2n) is 8.68.